The van der Waals surface area contributed by atoms with E-state index in [4.69, 9.17) is 14.0 Å². The fourth-order valence-corrected chi connectivity index (χ4v) is 4.91. The third-order valence-electron chi connectivity index (χ3n) is 4.14. The van der Waals surface area contributed by atoms with Crippen molar-refractivity contribution in [2.24, 2.45) is 0 Å². The Labute approximate surface area is 215 Å². The van der Waals surface area contributed by atoms with Gasteiger partial charge in [-0.25, -0.2) is 0 Å². The molecule has 0 amide bonds. The van der Waals surface area contributed by atoms with Gasteiger partial charge in [-0.1, -0.05) is 12.1 Å². The fourth-order valence-electron chi connectivity index (χ4n) is 2.66. The molecule has 0 aliphatic heterocycles. The van der Waals surface area contributed by atoms with Crippen molar-refractivity contribution in [2.75, 3.05) is 6.54 Å². The Morgan fingerprint density at radius 3 is 1.46 bits per heavy atom. The number of hydrogen-bond acceptors (Lipinski definition) is 6. The average molecular weight is 703 g/mol. The molecule has 0 aliphatic carbocycles. The SMILES string of the molecule is O=P(O)(O)C(O)(CCCN(Cc1ccccn1)Cc1ccccn1)P(=O)(O)O.[188Re].[C-]#[O+].[C-]#[O+].[C-]#[O+]. The van der Waals surface area contributed by atoms with Crippen molar-refractivity contribution in [3.05, 3.63) is 80.1 Å². The van der Waals surface area contributed by atoms with Gasteiger partial charge in [0, 0.05) is 52.3 Å². The van der Waals surface area contributed by atoms with E-state index >= 15 is 0 Å². The molecule has 0 saturated heterocycles. The number of rotatable bonds is 10. The van der Waals surface area contributed by atoms with Crippen molar-refractivity contribution in [2.45, 2.75) is 31.0 Å². The number of aliphatic hydroxyl groups is 1. The van der Waals surface area contributed by atoms with E-state index in [2.05, 4.69) is 29.9 Å². The molecule has 0 aromatic carbocycles. The molecule has 2 rings (SSSR count). The molecule has 0 spiro atoms. The van der Waals surface area contributed by atoms with Crippen LogP contribution in [0.5, 0.6) is 0 Å². The van der Waals surface area contributed by atoms with Crippen LogP contribution < -0.4 is 0 Å². The molecule has 0 bridgehead atoms. The number of hydrogen-bond donors (Lipinski definition) is 5. The summed E-state index contributed by atoms with van der Waals surface area (Å²) in [6.45, 7) is 14.5. The number of aromatic nitrogens is 2. The Kier molecular flexibility index (Phi) is 21.2. The molecule has 13 nitrogen and oxygen atoms in total. The Balaban J connectivity index is -0.00000135. The van der Waals surface area contributed by atoms with Gasteiger partial charge in [0.15, 0.2) is 0 Å². The van der Waals surface area contributed by atoms with E-state index in [1.807, 2.05) is 29.2 Å². The molecule has 0 aliphatic rings. The first kappa shape index (κ1) is 37.9. The van der Waals surface area contributed by atoms with Crippen LogP contribution in [0.3, 0.4) is 0 Å². The van der Waals surface area contributed by atoms with Crippen LogP contribution in [0, 0.1) is 20.0 Å². The van der Waals surface area contributed by atoms with Gasteiger partial charge in [0.1, 0.15) is 0 Å². The van der Waals surface area contributed by atoms with Crippen molar-refractivity contribution >= 4 is 15.2 Å². The van der Waals surface area contributed by atoms with E-state index in [-0.39, 0.29) is 33.4 Å². The van der Waals surface area contributed by atoms with E-state index < -0.39 is 26.7 Å². The van der Waals surface area contributed by atoms with Crippen molar-refractivity contribution in [3.63, 3.8) is 0 Å². The van der Waals surface area contributed by atoms with E-state index in [1.54, 1.807) is 24.5 Å². The molecular weight excluding hydrogens is 680 g/mol. The summed E-state index contributed by atoms with van der Waals surface area (Å²) in [6, 6.07) is 10.8. The van der Waals surface area contributed by atoms with Gasteiger partial charge in [0.05, 0.1) is 11.4 Å². The van der Waals surface area contributed by atoms with Gasteiger partial charge in [-0.2, -0.15) is 0 Å². The molecule has 5 N–H and O–H groups in total. The zero-order valence-corrected chi connectivity index (χ0v) is 22.6. The zero-order valence-electron chi connectivity index (χ0n) is 18.0. The third kappa shape index (κ3) is 13.3. The van der Waals surface area contributed by atoms with Gasteiger partial charge in [-0.15, -0.1) is 0 Å². The first-order chi connectivity index (χ1) is 16.0. The topological polar surface area (TPSA) is 224 Å². The van der Waals surface area contributed by atoms with Gasteiger partial charge in [0.2, 0.25) is 0 Å². The fraction of sp³-hybridized carbons (Fsp3) is 0.316. The van der Waals surface area contributed by atoms with Crippen molar-refractivity contribution in [1.29, 1.82) is 0 Å². The molecule has 0 unspecified atom stereocenters. The Hall–Kier alpha value is -1.60. The third-order valence-corrected chi connectivity index (χ3v) is 8.02. The predicted molar refractivity (Wildman–Crippen MR) is 113 cm³/mol. The summed E-state index contributed by atoms with van der Waals surface area (Å²) in [7, 11) is -10.9. The first-order valence-electron chi connectivity index (χ1n) is 9.00. The molecule has 2 aromatic rings. The van der Waals surface area contributed by atoms with Crippen LogP contribution in [0.1, 0.15) is 24.2 Å². The van der Waals surface area contributed by atoms with Crippen LogP contribution in [-0.4, -0.2) is 51.2 Å². The van der Waals surface area contributed by atoms with E-state index in [0.717, 1.165) is 11.4 Å². The van der Waals surface area contributed by atoms with Crippen LogP contribution in [-0.2, 0) is 56.6 Å². The van der Waals surface area contributed by atoms with Crippen LogP contribution >= 0.6 is 15.2 Å². The maximum atomic E-state index is 11.5. The molecule has 1 radical (unpaired) electrons. The summed E-state index contributed by atoms with van der Waals surface area (Å²) >= 11 is 0. The first-order valence-corrected chi connectivity index (χ1v) is 12.2. The molecular formula is C19H23N3O10P2Re. The molecule has 0 saturated carbocycles. The average Bonchev–Trinajstić information content (AvgIpc) is 2.83. The second-order valence-electron chi connectivity index (χ2n) is 6.32. The molecule has 0 atom stereocenters. The predicted octanol–water partition coefficient (Wildman–Crippen LogP) is 1.15. The Morgan fingerprint density at radius 1 is 0.800 bits per heavy atom. The summed E-state index contributed by atoms with van der Waals surface area (Å²) < 4.78 is 45.5. The second-order valence-corrected chi connectivity index (χ2v) is 10.3. The number of nitrogens with zero attached hydrogens (tertiary/aromatic N) is 3. The van der Waals surface area contributed by atoms with Gasteiger partial charge in [0.25, 0.3) is 5.08 Å². The summed E-state index contributed by atoms with van der Waals surface area (Å²) in [4.78, 5) is 47.3. The normalized spacial score (nSPS) is 10.6. The van der Waals surface area contributed by atoms with Gasteiger partial charge < -0.3 is 24.7 Å². The second kappa shape index (κ2) is 19.6. The molecule has 191 valence electrons. The summed E-state index contributed by atoms with van der Waals surface area (Å²) in [5.74, 6) is 0. The molecule has 2 aromatic heterocycles. The van der Waals surface area contributed by atoms with Crippen molar-refractivity contribution in [1.82, 2.24) is 14.9 Å². The van der Waals surface area contributed by atoms with E-state index in [9.17, 15) is 33.8 Å². The van der Waals surface area contributed by atoms with E-state index in [0.29, 0.717) is 13.1 Å². The minimum atomic E-state index is -5.45. The quantitative estimate of drug-likeness (QED) is 0.135. The summed E-state index contributed by atoms with van der Waals surface area (Å²) in [5.41, 5.74) is 1.50. The van der Waals surface area contributed by atoms with E-state index in [1.165, 1.54) is 0 Å². The van der Waals surface area contributed by atoms with Crippen LogP contribution in [0.25, 0.3) is 0 Å². The number of pyridine rings is 2. The molecule has 0 fully saturated rings. The van der Waals surface area contributed by atoms with Gasteiger partial charge in [-0.05, 0) is 37.2 Å². The Morgan fingerprint density at radius 2 is 1.17 bits per heavy atom. The Bertz CT molecular complexity index is 903. The van der Waals surface area contributed by atoms with Crippen LogP contribution in [0.15, 0.2) is 48.8 Å². The van der Waals surface area contributed by atoms with Crippen LogP contribution in [0.2, 0.25) is 0 Å². The molecule has 35 heavy (non-hydrogen) atoms. The summed E-state index contributed by atoms with van der Waals surface area (Å²) in [6.07, 6.45) is 2.44. The van der Waals surface area contributed by atoms with Gasteiger partial charge in [-0.3, -0.25) is 24.0 Å². The van der Waals surface area contributed by atoms with Crippen molar-refractivity contribution in [3.8, 4) is 0 Å². The minimum absolute atomic E-state index is 0. The zero-order chi connectivity index (χ0) is 26.8. The molecule has 2 heterocycles. The maximum absolute atomic E-state index is 11.5. The standard InChI is InChI=1S/C16H23N3O7P2.3CO.Re/c20-16(27(21,22)23,28(24,25)26)8-5-11-19(12-14-6-1-3-9-17-14)13-15-7-2-4-10-18-15;3*1-2;/h1-4,6-7,9-10,20H,5,8,11-13H2,(H2,21,22,23)(H2,24,25,26);;;;/i;;;;1+2. The summed E-state index contributed by atoms with van der Waals surface area (Å²) in [5, 5.41) is 6.61. The monoisotopic (exact) mass is 703 g/mol. The van der Waals surface area contributed by atoms with Crippen molar-refractivity contribution < 1.29 is 68.2 Å². The van der Waals surface area contributed by atoms with Crippen LogP contribution in [0.4, 0.5) is 0 Å². The molecule has 16 heteroatoms. The van der Waals surface area contributed by atoms with Gasteiger partial charge >= 0.3 is 49.1 Å².